The number of fused-ring (bicyclic) bond motifs is 1. The molecule has 0 bridgehead atoms. The van der Waals surface area contributed by atoms with E-state index in [-0.39, 0.29) is 29.6 Å². The Morgan fingerprint density at radius 1 is 0.857 bits per heavy atom. The van der Waals surface area contributed by atoms with Crippen LogP contribution in [-0.4, -0.2) is 27.0 Å². The number of carbonyl (C=O) groups excluding carboxylic acids is 2. The molecule has 3 aromatic carbocycles. The van der Waals surface area contributed by atoms with Crippen LogP contribution in [-0.2, 0) is 15.6 Å². The zero-order chi connectivity index (χ0) is 24.6. The highest BCUT2D eigenvalue weighted by Crippen LogP contribution is 2.48. The lowest BCUT2D eigenvalue weighted by atomic mass is 9.74. The summed E-state index contributed by atoms with van der Waals surface area (Å²) < 4.78 is 5.36. The number of hydrogen-bond donors (Lipinski definition) is 0. The number of carbonyl (C=O) groups is 2. The quantitative estimate of drug-likeness (QED) is 0.323. The van der Waals surface area contributed by atoms with Gasteiger partial charge in [-0.2, -0.15) is 0 Å². The summed E-state index contributed by atoms with van der Waals surface area (Å²) in [5.74, 6) is -0.241. The maximum absolute atomic E-state index is 13.8. The summed E-state index contributed by atoms with van der Waals surface area (Å²) in [7, 11) is -0.243. The standard InChI is InChI=1S/C30H31NO3Si/c1-34-24-16-14-22(15-17-24)26-18-25(35(2,3)20-21-10-6-4-7-11-21)19-27-28(26)30(33)31(29(27)32)23-12-8-5-9-13-23/h4-18,26-28H,19-20H2,1-3H3/t26-,27-,28+/m1/s1. The van der Waals surface area contributed by atoms with Crippen LogP contribution in [0.25, 0.3) is 0 Å². The monoisotopic (exact) mass is 481 g/mol. The van der Waals surface area contributed by atoms with Gasteiger partial charge in [0.05, 0.1) is 32.7 Å². The number of hydrogen-bond acceptors (Lipinski definition) is 3. The van der Waals surface area contributed by atoms with Gasteiger partial charge in [-0.1, -0.05) is 90.6 Å². The molecule has 4 nitrogen and oxygen atoms in total. The van der Waals surface area contributed by atoms with Gasteiger partial charge in [0.25, 0.3) is 0 Å². The molecule has 1 fully saturated rings. The molecule has 5 heteroatoms. The Labute approximate surface area is 208 Å². The van der Waals surface area contributed by atoms with Crippen molar-refractivity contribution in [3.8, 4) is 5.75 Å². The van der Waals surface area contributed by atoms with Crippen LogP contribution in [0.4, 0.5) is 5.69 Å². The van der Waals surface area contributed by atoms with E-state index in [1.807, 2.05) is 60.7 Å². The van der Waals surface area contributed by atoms with Crippen molar-refractivity contribution in [2.45, 2.75) is 31.5 Å². The van der Waals surface area contributed by atoms with Crippen molar-refractivity contribution >= 4 is 25.6 Å². The summed E-state index contributed by atoms with van der Waals surface area (Å²) in [5, 5.41) is 1.37. The van der Waals surface area contributed by atoms with E-state index in [1.165, 1.54) is 15.7 Å². The molecule has 0 aromatic heterocycles. The molecular weight excluding hydrogens is 450 g/mol. The van der Waals surface area contributed by atoms with E-state index in [0.717, 1.165) is 17.4 Å². The SMILES string of the molecule is COc1ccc([C@H]2C=C([Si](C)(C)Cc3ccccc3)C[C@H]3C(=O)N(c4ccccc4)C(=O)[C@@H]23)cc1. The molecule has 1 heterocycles. The zero-order valence-corrected chi connectivity index (χ0v) is 21.5. The average molecular weight is 482 g/mol. The van der Waals surface area contributed by atoms with E-state index >= 15 is 0 Å². The fourth-order valence-electron chi connectivity index (χ4n) is 5.68. The first-order valence-electron chi connectivity index (χ1n) is 12.2. The van der Waals surface area contributed by atoms with E-state index < -0.39 is 8.07 Å². The molecule has 1 aliphatic heterocycles. The van der Waals surface area contributed by atoms with Gasteiger partial charge in [0.1, 0.15) is 5.75 Å². The molecule has 35 heavy (non-hydrogen) atoms. The van der Waals surface area contributed by atoms with E-state index in [9.17, 15) is 9.59 Å². The van der Waals surface area contributed by atoms with Gasteiger partial charge in [0.2, 0.25) is 11.8 Å². The third-order valence-electron chi connectivity index (χ3n) is 7.56. The van der Waals surface area contributed by atoms with Crippen LogP contribution in [0.5, 0.6) is 5.75 Å². The third-order valence-corrected chi connectivity index (χ3v) is 11.0. The van der Waals surface area contributed by atoms with Crippen molar-refractivity contribution in [2.24, 2.45) is 11.8 Å². The fourth-order valence-corrected chi connectivity index (χ4v) is 8.56. The second-order valence-corrected chi connectivity index (χ2v) is 15.0. The smallest absolute Gasteiger partial charge is 0.238 e. The van der Waals surface area contributed by atoms with Gasteiger partial charge >= 0.3 is 0 Å². The summed E-state index contributed by atoms with van der Waals surface area (Å²) >= 11 is 0. The number of methoxy groups -OCH3 is 1. The normalized spacial score (nSPS) is 22.1. The number of ether oxygens (including phenoxy) is 1. The second kappa shape index (κ2) is 9.31. The first kappa shape index (κ1) is 23.3. The van der Waals surface area contributed by atoms with Gasteiger partial charge in [-0.15, -0.1) is 0 Å². The van der Waals surface area contributed by atoms with Crippen LogP contribution >= 0.6 is 0 Å². The van der Waals surface area contributed by atoms with Gasteiger partial charge in [-0.3, -0.25) is 14.5 Å². The van der Waals surface area contributed by atoms with Crippen molar-refractivity contribution in [3.05, 3.63) is 107 Å². The maximum Gasteiger partial charge on any atom is 0.238 e. The third kappa shape index (κ3) is 4.36. The summed E-state index contributed by atoms with van der Waals surface area (Å²) in [5.41, 5.74) is 3.04. The summed E-state index contributed by atoms with van der Waals surface area (Å²) in [6, 6.07) is 28.9. The lowest BCUT2D eigenvalue weighted by Gasteiger charge is -2.36. The molecular formula is C30H31NO3Si. The molecule has 0 unspecified atom stereocenters. The maximum atomic E-state index is 13.8. The Hall–Kier alpha value is -3.44. The Morgan fingerprint density at radius 2 is 1.49 bits per heavy atom. The molecule has 2 amide bonds. The van der Waals surface area contributed by atoms with E-state index in [4.69, 9.17) is 4.74 Å². The van der Waals surface area contributed by atoms with Gasteiger partial charge in [0, 0.05) is 5.92 Å². The Kier molecular flexibility index (Phi) is 6.20. The number of imide groups is 1. The topological polar surface area (TPSA) is 46.6 Å². The summed E-state index contributed by atoms with van der Waals surface area (Å²) in [4.78, 5) is 28.9. The highest BCUT2D eigenvalue weighted by atomic mass is 28.3. The largest absolute Gasteiger partial charge is 0.497 e. The number of anilines is 1. The van der Waals surface area contributed by atoms with Crippen molar-refractivity contribution in [2.75, 3.05) is 12.0 Å². The van der Waals surface area contributed by atoms with Crippen LogP contribution in [0.1, 0.15) is 23.5 Å². The lowest BCUT2D eigenvalue weighted by molar-refractivity contribution is -0.122. The molecule has 1 saturated heterocycles. The molecule has 2 aliphatic rings. The molecule has 3 atom stereocenters. The van der Waals surface area contributed by atoms with Crippen molar-refractivity contribution in [1.82, 2.24) is 0 Å². The van der Waals surface area contributed by atoms with Gasteiger partial charge < -0.3 is 4.74 Å². The number of amides is 2. The fraction of sp³-hybridized carbons (Fsp3) is 0.267. The molecule has 0 saturated carbocycles. The number of para-hydroxylation sites is 1. The van der Waals surface area contributed by atoms with Crippen LogP contribution in [0, 0.1) is 11.8 Å². The second-order valence-electron chi connectivity index (χ2n) is 10.2. The molecule has 0 N–H and O–H groups in total. The van der Waals surface area contributed by atoms with Crippen LogP contribution in [0.2, 0.25) is 13.1 Å². The van der Waals surface area contributed by atoms with Crippen LogP contribution in [0.3, 0.4) is 0 Å². The Balaban J connectivity index is 1.56. The minimum atomic E-state index is -1.89. The number of rotatable bonds is 6. The minimum absolute atomic E-state index is 0.0696. The van der Waals surface area contributed by atoms with E-state index in [2.05, 4.69) is 43.4 Å². The molecule has 5 rings (SSSR count). The predicted octanol–water partition coefficient (Wildman–Crippen LogP) is 5.94. The molecule has 0 radical (unpaired) electrons. The van der Waals surface area contributed by atoms with Crippen molar-refractivity contribution < 1.29 is 14.3 Å². The lowest BCUT2D eigenvalue weighted by Crippen LogP contribution is -2.39. The van der Waals surface area contributed by atoms with Crippen LogP contribution in [0.15, 0.2) is 96.2 Å². The van der Waals surface area contributed by atoms with Gasteiger partial charge in [-0.25, -0.2) is 0 Å². The van der Waals surface area contributed by atoms with Crippen LogP contribution < -0.4 is 9.64 Å². The molecule has 178 valence electrons. The molecule has 3 aromatic rings. The van der Waals surface area contributed by atoms with Crippen molar-refractivity contribution in [3.63, 3.8) is 0 Å². The molecule has 1 aliphatic carbocycles. The highest BCUT2D eigenvalue weighted by Gasteiger charge is 2.54. The number of allylic oxidation sites excluding steroid dienone is 2. The van der Waals surface area contributed by atoms with E-state index in [0.29, 0.717) is 12.1 Å². The Morgan fingerprint density at radius 3 is 2.11 bits per heavy atom. The summed E-state index contributed by atoms with van der Waals surface area (Å²) in [6.07, 6.45) is 3.00. The predicted molar refractivity (Wildman–Crippen MR) is 142 cm³/mol. The zero-order valence-electron chi connectivity index (χ0n) is 20.5. The highest BCUT2D eigenvalue weighted by molar-refractivity contribution is 6.83. The number of benzene rings is 3. The molecule has 0 spiro atoms. The van der Waals surface area contributed by atoms with Crippen molar-refractivity contribution in [1.29, 1.82) is 0 Å². The summed E-state index contributed by atoms with van der Waals surface area (Å²) in [6.45, 7) is 4.76. The van der Waals surface area contributed by atoms with Gasteiger partial charge in [-0.05, 0) is 42.3 Å². The first-order chi connectivity index (χ1) is 16.9. The minimum Gasteiger partial charge on any atom is -0.497 e. The van der Waals surface area contributed by atoms with E-state index in [1.54, 1.807) is 7.11 Å². The average Bonchev–Trinajstić information content (AvgIpc) is 3.14. The Bertz CT molecular complexity index is 1250. The van der Waals surface area contributed by atoms with Gasteiger partial charge in [0.15, 0.2) is 0 Å². The first-order valence-corrected chi connectivity index (χ1v) is 15.4. The number of nitrogens with zero attached hydrogens (tertiary/aromatic N) is 1.